The summed E-state index contributed by atoms with van der Waals surface area (Å²) >= 11 is 4.84. The van der Waals surface area contributed by atoms with Gasteiger partial charge >= 0.3 is 5.97 Å². The molecule has 1 aliphatic heterocycles. The summed E-state index contributed by atoms with van der Waals surface area (Å²) in [5.41, 5.74) is 0. The first-order valence-corrected chi connectivity index (χ1v) is 4.18. The van der Waals surface area contributed by atoms with Crippen molar-refractivity contribution in [1.82, 2.24) is 4.90 Å². The maximum absolute atomic E-state index is 11.3. The number of carbonyl (C=O) groups excluding carboxylic acids is 2. The Labute approximate surface area is 80.7 Å². The molecule has 1 rings (SSSR count). The first-order chi connectivity index (χ1) is 6.15. The fourth-order valence-electron chi connectivity index (χ4n) is 1.12. The van der Waals surface area contributed by atoms with Gasteiger partial charge in [-0.05, 0) is 6.92 Å². The van der Waals surface area contributed by atoms with Crippen LogP contribution in [-0.2, 0) is 18.6 Å². The third-order valence-corrected chi connectivity index (χ3v) is 1.97. The Balaban J connectivity index is 2.49. The highest BCUT2D eigenvalue weighted by Gasteiger charge is 2.27. The summed E-state index contributed by atoms with van der Waals surface area (Å²) in [7, 11) is 0. The predicted molar refractivity (Wildman–Crippen MR) is 43.9 cm³/mol. The molecule has 1 amide bonds. The van der Waals surface area contributed by atoms with Crippen molar-refractivity contribution >= 4 is 23.7 Å². The molecule has 0 aromatic rings. The number of carbonyl (C=O) groups is 2. The second kappa shape index (κ2) is 4.43. The van der Waals surface area contributed by atoms with Crippen LogP contribution in [-0.4, -0.2) is 42.6 Å². The van der Waals surface area contributed by atoms with E-state index in [1.54, 1.807) is 6.92 Å². The van der Waals surface area contributed by atoms with Gasteiger partial charge in [-0.1, -0.05) is 0 Å². The minimum Gasteiger partial charge on any atom is -0.367 e. The minimum absolute atomic E-state index is 0.115. The third-order valence-electron chi connectivity index (χ3n) is 1.79. The quantitative estimate of drug-likeness (QED) is 0.636. The van der Waals surface area contributed by atoms with Gasteiger partial charge in [0.25, 0.3) is 5.91 Å². The van der Waals surface area contributed by atoms with Crippen LogP contribution in [0.5, 0.6) is 0 Å². The normalized spacial score (nSPS) is 23.1. The van der Waals surface area contributed by atoms with Crippen molar-refractivity contribution in [2.24, 2.45) is 0 Å². The van der Waals surface area contributed by atoms with E-state index in [1.165, 1.54) is 4.90 Å². The van der Waals surface area contributed by atoms with E-state index < -0.39 is 12.1 Å². The van der Waals surface area contributed by atoms with Gasteiger partial charge in [-0.15, -0.1) is 0 Å². The van der Waals surface area contributed by atoms with Crippen molar-refractivity contribution in [3.05, 3.63) is 0 Å². The molecule has 1 heterocycles. The second-order valence-electron chi connectivity index (χ2n) is 2.72. The van der Waals surface area contributed by atoms with Crippen molar-refractivity contribution in [2.45, 2.75) is 13.0 Å². The van der Waals surface area contributed by atoms with E-state index in [9.17, 15) is 9.59 Å². The summed E-state index contributed by atoms with van der Waals surface area (Å²) in [6.07, 6.45) is -0.489. The van der Waals surface area contributed by atoms with Crippen molar-refractivity contribution in [3.8, 4) is 0 Å². The van der Waals surface area contributed by atoms with Crippen LogP contribution in [0.25, 0.3) is 0 Å². The van der Waals surface area contributed by atoms with Gasteiger partial charge in [-0.2, -0.15) is 0 Å². The molecule has 1 atom stereocenters. The molecule has 5 nitrogen and oxygen atoms in total. The molecular formula is C7H10ClNO4. The number of hydrogen-bond donors (Lipinski definition) is 0. The van der Waals surface area contributed by atoms with Crippen LogP contribution in [0.4, 0.5) is 0 Å². The van der Waals surface area contributed by atoms with Gasteiger partial charge in [0.15, 0.2) is 0 Å². The van der Waals surface area contributed by atoms with E-state index in [2.05, 4.69) is 4.29 Å². The van der Waals surface area contributed by atoms with Crippen LogP contribution in [0.2, 0.25) is 0 Å². The molecule has 13 heavy (non-hydrogen) atoms. The number of morpholine rings is 1. The lowest BCUT2D eigenvalue weighted by atomic mass is 10.3. The van der Waals surface area contributed by atoms with Crippen LogP contribution in [0.1, 0.15) is 6.92 Å². The first kappa shape index (κ1) is 10.3. The van der Waals surface area contributed by atoms with E-state index in [0.717, 1.165) is 0 Å². The third kappa shape index (κ3) is 2.57. The maximum atomic E-state index is 11.3. The van der Waals surface area contributed by atoms with Gasteiger partial charge in [0.1, 0.15) is 24.5 Å². The number of amides is 1. The van der Waals surface area contributed by atoms with Gasteiger partial charge < -0.3 is 13.9 Å². The summed E-state index contributed by atoms with van der Waals surface area (Å²) in [5.74, 6) is -0.850. The van der Waals surface area contributed by atoms with Gasteiger partial charge in [0.05, 0.1) is 6.61 Å². The summed E-state index contributed by atoms with van der Waals surface area (Å²) in [6.45, 7) is 2.36. The first-order valence-electron chi connectivity index (χ1n) is 3.87. The Hall–Kier alpha value is -0.810. The van der Waals surface area contributed by atoms with Crippen molar-refractivity contribution in [2.75, 3.05) is 19.7 Å². The van der Waals surface area contributed by atoms with Gasteiger partial charge in [0.2, 0.25) is 0 Å². The molecular weight excluding hydrogens is 198 g/mol. The standard InChI is InChI=1S/C7H10ClNO4/c1-5-7(11)9(2-3-12-5)4-6(10)13-8/h5H,2-4H2,1H3. The van der Waals surface area contributed by atoms with Crippen molar-refractivity contribution in [1.29, 1.82) is 0 Å². The van der Waals surface area contributed by atoms with Crippen LogP contribution >= 0.6 is 11.9 Å². The zero-order valence-electron chi connectivity index (χ0n) is 7.16. The summed E-state index contributed by atoms with van der Waals surface area (Å²) in [6, 6.07) is 0. The van der Waals surface area contributed by atoms with Gasteiger partial charge in [-0.25, -0.2) is 4.79 Å². The lowest BCUT2D eigenvalue weighted by Crippen LogP contribution is -2.48. The molecule has 0 radical (unpaired) electrons. The predicted octanol–water partition coefficient (Wildman–Crippen LogP) is -0.0693. The number of hydrogen-bond acceptors (Lipinski definition) is 4. The largest absolute Gasteiger partial charge is 0.367 e. The molecule has 1 fully saturated rings. The van der Waals surface area contributed by atoms with Crippen LogP contribution < -0.4 is 0 Å². The van der Waals surface area contributed by atoms with Crippen LogP contribution in [0, 0.1) is 0 Å². The number of halogens is 1. The highest BCUT2D eigenvalue weighted by molar-refractivity contribution is 6.13. The fourth-order valence-corrected chi connectivity index (χ4v) is 1.16. The Morgan fingerprint density at radius 3 is 3.15 bits per heavy atom. The highest BCUT2D eigenvalue weighted by Crippen LogP contribution is 2.06. The molecule has 0 saturated carbocycles. The number of rotatable bonds is 2. The van der Waals surface area contributed by atoms with Crippen LogP contribution in [0.3, 0.4) is 0 Å². The molecule has 1 saturated heterocycles. The average Bonchev–Trinajstić information content (AvgIpc) is 2.13. The molecule has 74 valence electrons. The number of ether oxygens (including phenoxy) is 1. The van der Waals surface area contributed by atoms with E-state index in [4.69, 9.17) is 16.6 Å². The Morgan fingerprint density at radius 2 is 2.54 bits per heavy atom. The molecule has 6 heteroatoms. The highest BCUT2D eigenvalue weighted by atomic mass is 35.5. The summed E-state index contributed by atoms with van der Waals surface area (Å²) in [5, 5.41) is 0. The van der Waals surface area contributed by atoms with E-state index in [1.807, 2.05) is 0 Å². The molecule has 0 aliphatic carbocycles. The Bertz CT molecular complexity index is 221. The smallest absolute Gasteiger partial charge is 0.343 e. The van der Waals surface area contributed by atoms with Crippen molar-refractivity contribution in [3.63, 3.8) is 0 Å². The SMILES string of the molecule is CC1OCCN(CC(=O)OCl)C1=O. The molecule has 1 unspecified atom stereocenters. The molecule has 0 bridgehead atoms. The Morgan fingerprint density at radius 1 is 1.85 bits per heavy atom. The van der Waals surface area contributed by atoms with Crippen molar-refractivity contribution < 1.29 is 18.6 Å². The van der Waals surface area contributed by atoms with Gasteiger partial charge in [0, 0.05) is 6.54 Å². The molecule has 0 aromatic carbocycles. The van der Waals surface area contributed by atoms with E-state index >= 15 is 0 Å². The lowest BCUT2D eigenvalue weighted by Gasteiger charge is -2.29. The molecule has 1 aliphatic rings. The van der Waals surface area contributed by atoms with Crippen LogP contribution in [0.15, 0.2) is 0 Å². The zero-order valence-corrected chi connectivity index (χ0v) is 7.91. The lowest BCUT2D eigenvalue weighted by molar-refractivity contribution is -0.156. The van der Waals surface area contributed by atoms with E-state index in [-0.39, 0.29) is 12.5 Å². The second-order valence-corrected chi connectivity index (χ2v) is 2.88. The molecule has 0 aromatic heterocycles. The maximum Gasteiger partial charge on any atom is 0.343 e. The number of nitrogens with zero attached hydrogens (tertiary/aromatic N) is 1. The Kier molecular flexibility index (Phi) is 3.50. The summed E-state index contributed by atoms with van der Waals surface area (Å²) in [4.78, 5) is 23.4. The zero-order chi connectivity index (χ0) is 9.84. The minimum atomic E-state index is -0.635. The topological polar surface area (TPSA) is 55.8 Å². The van der Waals surface area contributed by atoms with E-state index in [0.29, 0.717) is 13.2 Å². The summed E-state index contributed by atoms with van der Waals surface area (Å²) < 4.78 is 8.99. The molecule has 0 spiro atoms. The fraction of sp³-hybridized carbons (Fsp3) is 0.714. The average molecular weight is 208 g/mol. The molecule has 0 N–H and O–H groups in total. The monoisotopic (exact) mass is 207 g/mol. The van der Waals surface area contributed by atoms with Gasteiger partial charge in [-0.3, -0.25) is 4.79 Å².